The molecule has 188 valence electrons. The fraction of sp³-hybridized carbons (Fsp3) is 1.00. The molecular formula is C31H54SSi. The molecule has 0 aromatic rings. The Morgan fingerprint density at radius 2 is 1.27 bits per heavy atom. The Hall–Kier alpha value is 0.567. The molecule has 2 heteroatoms. The highest BCUT2D eigenvalue weighted by Crippen LogP contribution is 2.70. The normalized spacial score (nSPS) is 53.0. The van der Waals surface area contributed by atoms with Crippen LogP contribution < -0.4 is 0 Å². The van der Waals surface area contributed by atoms with Crippen LogP contribution in [0.25, 0.3) is 0 Å². The van der Waals surface area contributed by atoms with E-state index in [1.165, 1.54) is 19.3 Å². The van der Waals surface area contributed by atoms with Crippen LogP contribution in [0.15, 0.2) is 0 Å². The SMILES string of the molecule is CC1CC2C(C3CCCCC3)CCCC2C1[Si](C)(C)C1C(C)C(C)C2SC3CCCCC3C21. The summed E-state index contributed by atoms with van der Waals surface area (Å²) in [7, 11) is -1.37. The lowest BCUT2D eigenvalue weighted by Gasteiger charge is -2.49. The summed E-state index contributed by atoms with van der Waals surface area (Å²) in [5, 5.41) is 2.05. The largest absolute Gasteiger partial charge is 0.154 e. The van der Waals surface area contributed by atoms with Crippen LogP contribution in [-0.4, -0.2) is 18.6 Å². The Morgan fingerprint density at radius 1 is 0.606 bits per heavy atom. The molecular weight excluding hydrogens is 432 g/mol. The van der Waals surface area contributed by atoms with Crippen molar-refractivity contribution < 1.29 is 0 Å². The van der Waals surface area contributed by atoms with Gasteiger partial charge in [-0.15, -0.1) is 0 Å². The summed E-state index contributed by atoms with van der Waals surface area (Å²) < 4.78 is 0. The van der Waals surface area contributed by atoms with Gasteiger partial charge in [-0.2, -0.15) is 11.8 Å². The first kappa shape index (κ1) is 23.9. The van der Waals surface area contributed by atoms with Crippen molar-refractivity contribution in [3.63, 3.8) is 0 Å². The van der Waals surface area contributed by atoms with Crippen molar-refractivity contribution in [1.29, 1.82) is 0 Å². The molecule has 12 atom stereocenters. The van der Waals surface area contributed by atoms with Crippen LogP contribution in [0, 0.1) is 53.3 Å². The third-order valence-corrected chi connectivity index (χ3v) is 20.5. The molecule has 0 spiro atoms. The standard InChI is InChI=1S/C31H54SSi/c1-19-18-26-23(22-12-7-6-8-13-22)15-11-16-24(26)30(19)33(4,5)31-21(3)20(2)29-28(31)25-14-9-10-17-27(25)32-29/h19-31H,6-18H2,1-5H3. The van der Waals surface area contributed by atoms with Gasteiger partial charge in [0.2, 0.25) is 0 Å². The number of thioether (sulfide) groups is 1. The lowest BCUT2D eigenvalue weighted by atomic mass is 9.65. The maximum atomic E-state index is 2.94. The van der Waals surface area contributed by atoms with Crippen LogP contribution in [0.5, 0.6) is 0 Å². The number of hydrogen-bond acceptors (Lipinski definition) is 1. The average Bonchev–Trinajstić information content (AvgIpc) is 3.43. The number of rotatable bonds is 3. The molecule has 1 saturated heterocycles. The highest BCUT2D eigenvalue weighted by molar-refractivity contribution is 8.00. The van der Waals surface area contributed by atoms with E-state index >= 15 is 0 Å². The van der Waals surface area contributed by atoms with Crippen molar-refractivity contribution in [3.8, 4) is 0 Å². The van der Waals surface area contributed by atoms with E-state index in [1.54, 1.807) is 64.2 Å². The summed E-state index contributed by atoms with van der Waals surface area (Å²) in [4.78, 5) is 0. The Balaban J connectivity index is 1.28. The highest BCUT2D eigenvalue weighted by atomic mass is 32.2. The number of hydrogen-bond donors (Lipinski definition) is 0. The monoisotopic (exact) mass is 486 g/mol. The molecule has 33 heavy (non-hydrogen) atoms. The first-order valence-corrected chi connectivity index (χ1v) is 19.6. The van der Waals surface area contributed by atoms with E-state index < -0.39 is 8.07 Å². The maximum absolute atomic E-state index is 2.94. The zero-order valence-electron chi connectivity index (χ0n) is 22.6. The molecule has 5 saturated carbocycles. The molecule has 12 unspecified atom stereocenters. The molecule has 6 rings (SSSR count). The second-order valence-electron chi connectivity index (χ2n) is 14.8. The Labute approximate surface area is 211 Å². The van der Waals surface area contributed by atoms with Crippen molar-refractivity contribution in [1.82, 2.24) is 0 Å². The van der Waals surface area contributed by atoms with E-state index in [4.69, 9.17) is 0 Å². The molecule has 0 nitrogen and oxygen atoms in total. The third kappa shape index (κ3) is 3.79. The lowest BCUT2D eigenvalue weighted by molar-refractivity contribution is 0.0977. The van der Waals surface area contributed by atoms with Gasteiger partial charge in [-0.3, -0.25) is 0 Å². The fourth-order valence-corrected chi connectivity index (χ4v) is 21.2. The quantitative estimate of drug-likeness (QED) is 0.358. The Morgan fingerprint density at radius 3 is 2.06 bits per heavy atom. The molecule has 1 heterocycles. The summed E-state index contributed by atoms with van der Waals surface area (Å²) in [5.41, 5.74) is 2.24. The molecule has 0 bridgehead atoms. The van der Waals surface area contributed by atoms with E-state index in [9.17, 15) is 0 Å². The van der Waals surface area contributed by atoms with Gasteiger partial charge in [0, 0.05) is 10.5 Å². The lowest BCUT2D eigenvalue weighted by Crippen LogP contribution is -2.48. The van der Waals surface area contributed by atoms with Gasteiger partial charge in [0.25, 0.3) is 0 Å². The second kappa shape index (κ2) is 9.15. The summed E-state index contributed by atoms with van der Waals surface area (Å²) in [6, 6.07) is 0. The van der Waals surface area contributed by atoms with E-state index in [-0.39, 0.29) is 0 Å². The van der Waals surface area contributed by atoms with E-state index in [1.807, 2.05) is 0 Å². The van der Waals surface area contributed by atoms with Crippen LogP contribution in [0.4, 0.5) is 0 Å². The fourth-order valence-electron chi connectivity index (χ4n) is 12.1. The van der Waals surface area contributed by atoms with E-state index in [2.05, 4.69) is 45.6 Å². The second-order valence-corrected chi connectivity index (χ2v) is 21.2. The summed E-state index contributed by atoms with van der Waals surface area (Å²) in [6.07, 6.45) is 20.3. The van der Waals surface area contributed by atoms with Gasteiger partial charge in [-0.1, -0.05) is 91.7 Å². The smallest absolute Gasteiger partial charge is 0.0547 e. The van der Waals surface area contributed by atoms with Crippen molar-refractivity contribution in [3.05, 3.63) is 0 Å². The molecule has 0 aromatic carbocycles. The molecule has 0 amide bonds. The Kier molecular flexibility index (Phi) is 6.63. The predicted molar refractivity (Wildman–Crippen MR) is 149 cm³/mol. The summed E-state index contributed by atoms with van der Waals surface area (Å²) in [5.74, 6) is 9.59. The van der Waals surface area contributed by atoms with E-state index in [0.717, 1.165) is 74.8 Å². The molecule has 0 aromatic heterocycles. The van der Waals surface area contributed by atoms with Crippen molar-refractivity contribution >= 4 is 19.8 Å². The minimum atomic E-state index is -1.37. The zero-order valence-corrected chi connectivity index (χ0v) is 24.4. The summed E-state index contributed by atoms with van der Waals surface area (Å²) in [6.45, 7) is 14.0. The van der Waals surface area contributed by atoms with Crippen LogP contribution in [0.2, 0.25) is 24.2 Å². The molecule has 1 aliphatic heterocycles. The van der Waals surface area contributed by atoms with Gasteiger partial charge in [-0.05, 0) is 90.0 Å². The minimum absolute atomic E-state index is 0.969. The topological polar surface area (TPSA) is 0 Å². The van der Waals surface area contributed by atoms with Gasteiger partial charge >= 0.3 is 0 Å². The molecule has 6 fully saturated rings. The minimum Gasteiger partial charge on any atom is -0.154 e. The molecule has 0 N–H and O–H groups in total. The van der Waals surface area contributed by atoms with Gasteiger partial charge in [-0.25, -0.2) is 0 Å². The van der Waals surface area contributed by atoms with Gasteiger partial charge in [0.1, 0.15) is 0 Å². The molecule has 0 radical (unpaired) electrons. The van der Waals surface area contributed by atoms with Gasteiger partial charge in [0.05, 0.1) is 8.07 Å². The van der Waals surface area contributed by atoms with Gasteiger partial charge < -0.3 is 0 Å². The van der Waals surface area contributed by atoms with E-state index in [0.29, 0.717) is 0 Å². The highest BCUT2D eigenvalue weighted by Gasteiger charge is 2.64. The number of fused-ring (bicyclic) bond motifs is 4. The first-order valence-electron chi connectivity index (χ1n) is 15.5. The van der Waals surface area contributed by atoms with Crippen LogP contribution >= 0.6 is 11.8 Å². The first-order chi connectivity index (χ1) is 15.9. The predicted octanol–water partition coefficient (Wildman–Crippen LogP) is 9.66. The maximum Gasteiger partial charge on any atom is 0.0547 e. The summed E-state index contributed by atoms with van der Waals surface area (Å²) >= 11 is 2.50. The average molecular weight is 487 g/mol. The van der Waals surface area contributed by atoms with Crippen molar-refractivity contribution in [2.45, 2.75) is 139 Å². The van der Waals surface area contributed by atoms with Crippen molar-refractivity contribution in [2.24, 2.45) is 53.3 Å². The molecule has 6 aliphatic rings. The Bertz CT molecular complexity index is 695. The van der Waals surface area contributed by atoms with Crippen LogP contribution in [-0.2, 0) is 0 Å². The zero-order chi connectivity index (χ0) is 22.9. The third-order valence-electron chi connectivity index (χ3n) is 13.2. The molecule has 5 aliphatic carbocycles. The van der Waals surface area contributed by atoms with Crippen LogP contribution in [0.1, 0.15) is 104 Å². The van der Waals surface area contributed by atoms with Gasteiger partial charge in [0.15, 0.2) is 0 Å². The van der Waals surface area contributed by atoms with Crippen molar-refractivity contribution in [2.75, 3.05) is 0 Å². The van der Waals surface area contributed by atoms with Crippen LogP contribution in [0.3, 0.4) is 0 Å².